The van der Waals surface area contributed by atoms with Crippen LogP contribution in [0.5, 0.6) is 0 Å². The molecular weight excluding hydrogens is 178 g/mol. The Kier molecular flexibility index (Phi) is 2.86. The Labute approximate surface area is 76.1 Å². The third kappa shape index (κ3) is 2.07. The van der Waals surface area contributed by atoms with E-state index < -0.39 is 0 Å². The van der Waals surface area contributed by atoms with Gasteiger partial charge in [0.2, 0.25) is 5.95 Å². The number of aromatic nitrogens is 4. The second kappa shape index (κ2) is 3.71. The summed E-state index contributed by atoms with van der Waals surface area (Å²) in [7, 11) is 1.77. The van der Waals surface area contributed by atoms with Crippen LogP contribution in [0.4, 0.5) is 5.95 Å². The molecule has 12 heavy (non-hydrogen) atoms. The molecule has 1 aromatic rings. The summed E-state index contributed by atoms with van der Waals surface area (Å²) < 4.78 is 1.57. The number of hydrogen-bond acceptors (Lipinski definition) is 4. The molecule has 0 bridgehead atoms. The maximum atomic E-state index is 5.86. The van der Waals surface area contributed by atoms with Crippen LogP contribution in [-0.4, -0.2) is 31.6 Å². The highest BCUT2D eigenvalue weighted by Crippen LogP contribution is 2.06. The molecular formula is C6H12ClN5. The van der Waals surface area contributed by atoms with E-state index in [4.69, 9.17) is 11.6 Å². The van der Waals surface area contributed by atoms with Gasteiger partial charge in [0.25, 0.3) is 0 Å². The van der Waals surface area contributed by atoms with Crippen LogP contribution in [0.2, 0.25) is 0 Å². The van der Waals surface area contributed by atoms with Crippen LogP contribution in [0.15, 0.2) is 0 Å². The fraction of sp³-hybridized carbons (Fsp3) is 0.833. The van der Waals surface area contributed by atoms with E-state index >= 15 is 0 Å². The van der Waals surface area contributed by atoms with E-state index in [9.17, 15) is 0 Å². The van der Waals surface area contributed by atoms with Crippen LogP contribution in [0.3, 0.4) is 0 Å². The molecule has 1 rings (SSSR count). The van der Waals surface area contributed by atoms with Gasteiger partial charge in [-0.2, -0.15) is 0 Å². The van der Waals surface area contributed by atoms with Gasteiger partial charge in [-0.1, -0.05) is 5.10 Å². The monoisotopic (exact) mass is 189 g/mol. The van der Waals surface area contributed by atoms with E-state index in [2.05, 4.69) is 20.8 Å². The minimum absolute atomic E-state index is 0.0432. The number of nitrogens with one attached hydrogen (secondary N) is 1. The molecule has 0 aliphatic heterocycles. The van der Waals surface area contributed by atoms with E-state index in [0.717, 1.165) is 0 Å². The number of hydrogen-bond donors (Lipinski definition) is 1. The van der Waals surface area contributed by atoms with Crippen molar-refractivity contribution in [1.82, 2.24) is 20.2 Å². The fourth-order valence-corrected chi connectivity index (χ4v) is 0.733. The third-order valence-corrected chi connectivity index (χ3v) is 2.04. The van der Waals surface area contributed by atoms with E-state index in [1.165, 1.54) is 0 Å². The van der Waals surface area contributed by atoms with Crippen molar-refractivity contribution in [2.75, 3.05) is 5.32 Å². The standard InChI is InChI=1S/C6H12ClN5/c1-4(7)5(2)8-6-9-10-11-12(6)3/h4-5H,1-3H3,(H,8,9,11). The quantitative estimate of drug-likeness (QED) is 0.709. The Balaban J connectivity index is 2.58. The van der Waals surface area contributed by atoms with Crippen molar-refractivity contribution in [3.05, 3.63) is 0 Å². The van der Waals surface area contributed by atoms with Crippen LogP contribution in [-0.2, 0) is 7.05 Å². The van der Waals surface area contributed by atoms with E-state index in [-0.39, 0.29) is 11.4 Å². The molecule has 5 nitrogen and oxygen atoms in total. The predicted octanol–water partition coefficient (Wildman–Crippen LogP) is 0.638. The number of halogens is 1. The van der Waals surface area contributed by atoms with Gasteiger partial charge in [-0.25, -0.2) is 4.68 Å². The zero-order valence-electron chi connectivity index (χ0n) is 7.32. The Hall–Kier alpha value is -0.840. The average Bonchev–Trinajstić information content (AvgIpc) is 2.36. The van der Waals surface area contributed by atoms with Crippen molar-refractivity contribution in [3.8, 4) is 0 Å². The van der Waals surface area contributed by atoms with Gasteiger partial charge < -0.3 is 5.32 Å². The van der Waals surface area contributed by atoms with Gasteiger partial charge in [0, 0.05) is 13.1 Å². The van der Waals surface area contributed by atoms with Crippen molar-refractivity contribution in [2.45, 2.75) is 25.3 Å². The number of alkyl halides is 1. The number of tetrazole rings is 1. The Morgan fingerprint density at radius 3 is 2.58 bits per heavy atom. The summed E-state index contributed by atoms with van der Waals surface area (Å²) in [6.45, 7) is 3.90. The highest BCUT2D eigenvalue weighted by molar-refractivity contribution is 6.20. The molecule has 1 N–H and O–H groups in total. The molecule has 0 radical (unpaired) electrons. The zero-order chi connectivity index (χ0) is 9.14. The maximum Gasteiger partial charge on any atom is 0.242 e. The van der Waals surface area contributed by atoms with Crippen molar-refractivity contribution in [2.24, 2.45) is 7.05 Å². The number of anilines is 1. The van der Waals surface area contributed by atoms with Gasteiger partial charge in [-0.05, 0) is 24.3 Å². The first-order valence-corrected chi connectivity index (χ1v) is 4.18. The second-order valence-electron chi connectivity index (χ2n) is 2.74. The largest absolute Gasteiger partial charge is 0.349 e. The molecule has 1 aromatic heterocycles. The van der Waals surface area contributed by atoms with Crippen LogP contribution < -0.4 is 5.32 Å². The molecule has 6 heteroatoms. The highest BCUT2D eigenvalue weighted by Gasteiger charge is 2.11. The van der Waals surface area contributed by atoms with Crippen LogP contribution in [0, 0.1) is 0 Å². The maximum absolute atomic E-state index is 5.86. The minimum Gasteiger partial charge on any atom is -0.349 e. The number of aryl methyl sites for hydroxylation is 1. The smallest absolute Gasteiger partial charge is 0.242 e. The molecule has 0 spiro atoms. The fourth-order valence-electron chi connectivity index (χ4n) is 0.670. The normalized spacial score (nSPS) is 15.7. The van der Waals surface area contributed by atoms with Gasteiger partial charge in [0.05, 0.1) is 5.38 Å². The van der Waals surface area contributed by atoms with Crippen LogP contribution in [0.1, 0.15) is 13.8 Å². The zero-order valence-corrected chi connectivity index (χ0v) is 8.08. The first-order valence-electron chi connectivity index (χ1n) is 3.74. The van der Waals surface area contributed by atoms with Crippen molar-refractivity contribution >= 4 is 17.5 Å². The Bertz CT molecular complexity index is 246. The van der Waals surface area contributed by atoms with Gasteiger partial charge in [0.15, 0.2) is 0 Å². The summed E-state index contributed by atoms with van der Waals surface area (Å²) >= 11 is 5.86. The predicted molar refractivity (Wildman–Crippen MR) is 47.2 cm³/mol. The molecule has 2 atom stereocenters. The Morgan fingerprint density at radius 1 is 1.50 bits per heavy atom. The topological polar surface area (TPSA) is 55.6 Å². The molecule has 0 fully saturated rings. The SMILES string of the molecule is CC(Cl)C(C)Nc1nnnn1C. The molecule has 1 heterocycles. The Morgan fingerprint density at radius 2 is 2.17 bits per heavy atom. The number of rotatable bonds is 3. The molecule has 0 aliphatic rings. The third-order valence-electron chi connectivity index (χ3n) is 1.67. The van der Waals surface area contributed by atoms with Gasteiger partial charge in [0.1, 0.15) is 0 Å². The first-order chi connectivity index (χ1) is 5.61. The summed E-state index contributed by atoms with van der Waals surface area (Å²) in [6, 6.07) is 0.149. The van der Waals surface area contributed by atoms with Gasteiger partial charge >= 0.3 is 0 Å². The first kappa shape index (κ1) is 9.25. The lowest BCUT2D eigenvalue weighted by molar-refractivity contribution is 0.696. The van der Waals surface area contributed by atoms with E-state index in [0.29, 0.717) is 5.95 Å². The molecule has 0 saturated heterocycles. The van der Waals surface area contributed by atoms with Crippen molar-refractivity contribution in [1.29, 1.82) is 0 Å². The summed E-state index contributed by atoms with van der Waals surface area (Å²) in [5.74, 6) is 0.634. The summed E-state index contributed by atoms with van der Waals surface area (Å²) in [6.07, 6.45) is 0. The molecule has 68 valence electrons. The van der Waals surface area contributed by atoms with Crippen LogP contribution >= 0.6 is 11.6 Å². The molecule has 0 amide bonds. The summed E-state index contributed by atoms with van der Waals surface area (Å²) in [4.78, 5) is 0. The molecule has 2 unspecified atom stereocenters. The average molecular weight is 190 g/mol. The summed E-state index contributed by atoms with van der Waals surface area (Å²) in [5.41, 5.74) is 0. The van der Waals surface area contributed by atoms with Crippen molar-refractivity contribution < 1.29 is 0 Å². The lowest BCUT2D eigenvalue weighted by Crippen LogP contribution is -2.25. The van der Waals surface area contributed by atoms with Crippen LogP contribution in [0.25, 0.3) is 0 Å². The molecule has 0 aromatic carbocycles. The van der Waals surface area contributed by atoms with Gasteiger partial charge in [-0.15, -0.1) is 11.6 Å². The lowest BCUT2D eigenvalue weighted by Gasteiger charge is -2.14. The lowest BCUT2D eigenvalue weighted by atomic mass is 10.2. The summed E-state index contributed by atoms with van der Waals surface area (Å²) in [5, 5.41) is 14.1. The second-order valence-corrected chi connectivity index (χ2v) is 3.43. The van der Waals surface area contributed by atoms with E-state index in [1.807, 2.05) is 13.8 Å². The molecule has 0 saturated carbocycles. The van der Waals surface area contributed by atoms with Gasteiger partial charge in [-0.3, -0.25) is 0 Å². The minimum atomic E-state index is 0.0432. The molecule has 0 aliphatic carbocycles. The number of nitrogens with zero attached hydrogens (tertiary/aromatic N) is 4. The highest BCUT2D eigenvalue weighted by atomic mass is 35.5. The van der Waals surface area contributed by atoms with E-state index in [1.54, 1.807) is 11.7 Å². The van der Waals surface area contributed by atoms with Crippen molar-refractivity contribution in [3.63, 3.8) is 0 Å².